The standard InChI is InChI=1S/C12H15N3O2S2/c1-16-12(17-2,10-6-4-3-5-7-10)8-15-11(19-18)13-9-14-15/h3-7,9,18H,8H2,1-2H3. The minimum absolute atomic E-state index is 0.396. The van der Waals surface area contributed by atoms with Crippen LogP contribution in [0.3, 0.4) is 0 Å². The van der Waals surface area contributed by atoms with E-state index in [9.17, 15) is 0 Å². The molecular formula is C12H15N3O2S2. The van der Waals surface area contributed by atoms with Gasteiger partial charge in [0, 0.05) is 19.8 Å². The van der Waals surface area contributed by atoms with Crippen molar-refractivity contribution in [3.05, 3.63) is 42.2 Å². The van der Waals surface area contributed by atoms with Gasteiger partial charge in [0.05, 0.1) is 0 Å². The molecular weight excluding hydrogens is 282 g/mol. The van der Waals surface area contributed by atoms with Crippen molar-refractivity contribution >= 4 is 22.5 Å². The van der Waals surface area contributed by atoms with Crippen LogP contribution in [-0.4, -0.2) is 29.0 Å². The first-order valence-electron chi connectivity index (χ1n) is 5.61. The molecule has 0 spiro atoms. The highest BCUT2D eigenvalue weighted by Gasteiger charge is 2.33. The molecule has 2 aromatic rings. The van der Waals surface area contributed by atoms with Crippen LogP contribution in [0.15, 0.2) is 41.8 Å². The summed E-state index contributed by atoms with van der Waals surface area (Å²) < 4.78 is 12.9. The summed E-state index contributed by atoms with van der Waals surface area (Å²) in [7, 11) is 4.46. The van der Waals surface area contributed by atoms with E-state index in [1.807, 2.05) is 30.3 Å². The molecule has 0 amide bonds. The Labute approximate surface area is 121 Å². The minimum Gasteiger partial charge on any atom is -0.348 e. The second-order valence-electron chi connectivity index (χ2n) is 3.82. The molecule has 1 aromatic heterocycles. The van der Waals surface area contributed by atoms with Crippen LogP contribution in [-0.2, 0) is 21.8 Å². The van der Waals surface area contributed by atoms with Gasteiger partial charge in [-0.05, 0) is 10.8 Å². The van der Waals surface area contributed by atoms with E-state index in [1.54, 1.807) is 18.9 Å². The smallest absolute Gasteiger partial charge is 0.214 e. The lowest BCUT2D eigenvalue weighted by molar-refractivity contribution is -0.227. The number of methoxy groups -OCH3 is 2. The van der Waals surface area contributed by atoms with Crippen molar-refractivity contribution in [2.24, 2.45) is 0 Å². The van der Waals surface area contributed by atoms with Crippen molar-refractivity contribution in [1.82, 2.24) is 14.8 Å². The van der Waals surface area contributed by atoms with Crippen LogP contribution in [0.4, 0.5) is 0 Å². The van der Waals surface area contributed by atoms with Gasteiger partial charge in [0.1, 0.15) is 12.9 Å². The molecule has 0 fully saturated rings. The second kappa shape index (κ2) is 6.42. The summed E-state index contributed by atoms with van der Waals surface area (Å²) in [5.41, 5.74) is 0.922. The highest BCUT2D eigenvalue weighted by atomic mass is 33.1. The van der Waals surface area contributed by atoms with Crippen LogP contribution in [0.2, 0.25) is 0 Å². The monoisotopic (exact) mass is 297 g/mol. The lowest BCUT2D eigenvalue weighted by Crippen LogP contribution is -2.36. The average molecular weight is 297 g/mol. The number of rotatable bonds is 6. The summed E-state index contributed by atoms with van der Waals surface area (Å²) in [5.74, 6) is -0.896. The van der Waals surface area contributed by atoms with E-state index >= 15 is 0 Å². The van der Waals surface area contributed by atoms with E-state index in [2.05, 4.69) is 21.7 Å². The van der Waals surface area contributed by atoms with Gasteiger partial charge in [0.25, 0.3) is 0 Å². The number of benzene rings is 1. The lowest BCUT2D eigenvalue weighted by atomic mass is 10.1. The largest absolute Gasteiger partial charge is 0.348 e. The van der Waals surface area contributed by atoms with Crippen molar-refractivity contribution < 1.29 is 9.47 Å². The molecule has 0 aliphatic rings. The molecule has 0 aliphatic heterocycles. The van der Waals surface area contributed by atoms with Gasteiger partial charge >= 0.3 is 0 Å². The topological polar surface area (TPSA) is 49.2 Å². The molecule has 0 saturated heterocycles. The first-order valence-corrected chi connectivity index (χ1v) is 7.47. The summed E-state index contributed by atoms with van der Waals surface area (Å²) in [4.78, 5) is 4.11. The molecule has 0 unspecified atom stereocenters. The van der Waals surface area contributed by atoms with E-state index in [-0.39, 0.29) is 0 Å². The van der Waals surface area contributed by atoms with Crippen molar-refractivity contribution in [3.63, 3.8) is 0 Å². The Hall–Kier alpha value is -1.02. The number of thiol groups is 1. The molecule has 0 atom stereocenters. The van der Waals surface area contributed by atoms with E-state index in [0.29, 0.717) is 11.7 Å². The number of hydrogen-bond acceptors (Lipinski definition) is 6. The summed E-state index contributed by atoms with van der Waals surface area (Å²) in [6.45, 7) is 0.396. The molecule has 102 valence electrons. The Kier molecular flexibility index (Phi) is 4.87. The maximum atomic E-state index is 5.60. The van der Waals surface area contributed by atoms with E-state index in [0.717, 1.165) is 5.56 Å². The first kappa shape index (κ1) is 14.4. The third kappa shape index (κ3) is 2.94. The third-order valence-corrected chi connectivity index (χ3v) is 3.86. The van der Waals surface area contributed by atoms with E-state index < -0.39 is 5.79 Å². The van der Waals surface area contributed by atoms with Crippen LogP contribution in [0.25, 0.3) is 0 Å². The number of nitrogens with zero attached hydrogens (tertiary/aromatic N) is 3. The van der Waals surface area contributed by atoms with Crippen molar-refractivity contribution in [2.75, 3.05) is 14.2 Å². The normalized spacial score (nSPS) is 11.7. The summed E-state index contributed by atoms with van der Waals surface area (Å²) >= 11 is 4.15. The summed E-state index contributed by atoms with van der Waals surface area (Å²) in [6.07, 6.45) is 1.49. The molecule has 19 heavy (non-hydrogen) atoms. The van der Waals surface area contributed by atoms with Gasteiger partial charge in [-0.2, -0.15) is 5.10 Å². The fourth-order valence-corrected chi connectivity index (χ4v) is 2.59. The van der Waals surface area contributed by atoms with Crippen LogP contribution >= 0.6 is 22.5 Å². The van der Waals surface area contributed by atoms with Gasteiger partial charge in [-0.1, -0.05) is 30.3 Å². The molecule has 5 nitrogen and oxygen atoms in total. The van der Waals surface area contributed by atoms with Crippen LogP contribution in [0.5, 0.6) is 0 Å². The van der Waals surface area contributed by atoms with Crippen molar-refractivity contribution in [3.8, 4) is 0 Å². The maximum absolute atomic E-state index is 5.60. The van der Waals surface area contributed by atoms with E-state index in [4.69, 9.17) is 9.47 Å². The quantitative estimate of drug-likeness (QED) is 0.504. The average Bonchev–Trinajstić information content (AvgIpc) is 2.93. The Morgan fingerprint density at radius 2 is 1.95 bits per heavy atom. The predicted octanol–water partition coefficient (Wildman–Crippen LogP) is 2.36. The zero-order chi connectivity index (χ0) is 13.7. The van der Waals surface area contributed by atoms with Crippen LogP contribution < -0.4 is 0 Å². The van der Waals surface area contributed by atoms with Crippen LogP contribution in [0.1, 0.15) is 5.56 Å². The van der Waals surface area contributed by atoms with Crippen molar-refractivity contribution in [1.29, 1.82) is 0 Å². The van der Waals surface area contributed by atoms with Gasteiger partial charge in [-0.3, -0.25) is 0 Å². The SMILES string of the molecule is COC(Cn1ncnc1SS)(OC)c1ccccc1. The Morgan fingerprint density at radius 3 is 2.53 bits per heavy atom. The second-order valence-corrected chi connectivity index (χ2v) is 4.91. The summed E-state index contributed by atoms with van der Waals surface area (Å²) in [5, 5.41) is 4.86. The zero-order valence-corrected chi connectivity index (χ0v) is 12.4. The number of aromatic nitrogens is 3. The molecule has 2 rings (SSSR count). The molecule has 0 bridgehead atoms. The molecule has 0 radical (unpaired) electrons. The lowest BCUT2D eigenvalue weighted by Gasteiger charge is -2.31. The minimum atomic E-state index is -0.896. The first-order chi connectivity index (χ1) is 9.25. The highest BCUT2D eigenvalue weighted by Crippen LogP contribution is 2.29. The van der Waals surface area contributed by atoms with Crippen molar-refractivity contribution in [2.45, 2.75) is 17.5 Å². The maximum Gasteiger partial charge on any atom is 0.214 e. The van der Waals surface area contributed by atoms with Crippen LogP contribution in [0, 0.1) is 0 Å². The molecule has 0 N–H and O–H groups in total. The van der Waals surface area contributed by atoms with E-state index in [1.165, 1.54) is 17.1 Å². The molecule has 0 aliphatic carbocycles. The number of ether oxygens (including phenoxy) is 2. The van der Waals surface area contributed by atoms with Gasteiger partial charge in [-0.15, -0.1) is 11.7 Å². The Balaban J connectivity index is 2.35. The Bertz CT molecular complexity index is 515. The van der Waals surface area contributed by atoms with Gasteiger partial charge in [-0.25, -0.2) is 9.67 Å². The Morgan fingerprint density at radius 1 is 1.26 bits per heavy atom. The van der Waals surface area contributed by atoms with Gasteiger partial charge < -0.3 is 9.47 Å². The summed E-state index contributed by atoms with van der Waals surface area (Å²) in [6, 6.07) is 9.74. The molecule has 7 heteroatoms. The fourth-order valence-electron chi connectivity index (χ4n) is 1.86. The zero-order valence-electron chi connectivity index (χ0n) is 10.7. The van der Waals surface area contributed by atoms with Gasteiger partial charge in [0.2, 0.25) is 5.79 Å². The number of hydrogen-bond donors (Lipinski definition) is 1. The highest BCUT2D eigenvalue weighted by molar-refractivity contribution is 8.68. The molecule has 0 saturated carbocycles. The molecule has 1 heterocycles. The third-order valence-electron chi connectivity index (χ3n) is 2.89. The predicted molar refractivity (Wildman–Crippen MR) is 77.0 cm³/mol. The molecule has 1 aromatic carbocycles. The van der Waals surface area contributed by atoms with Gasteiger partial charge in [0.15, 0.2) is 5.16 Å². The fraction of sp³-hybridized carbons (Fsp3) is 0.333.